The van der Waals surface area contributed by atoms with E-state index in [1.165, 1.54) is 17.7 Å². The van der Waals surface area contributed by atoms with Crippen LogP contribution in [0.2, 0.25) is 0 Å². The molecule has 0 bridgehead atoms. The maximum atomic E-state index is 12.6. The first-order valence-corrected chi connectivity index (χ1v) is 10.8. The van der Waals surface area contributed by atoms with Crippen molar-refractivity contribution in [3.8, 4) is 0 Å². The van der Waals surface area contributed by atoms with Gasteiger partial charge in [0.05, 0.1) is 4.90 Å². The smallest absolute Gasteiger partial charge is 0.326 e. The fraction of sp³-hybridized carbons (Fsp3) is 0.500. The minimum Gasteiger partial charge on any atom is -0.326 e. The van der Waals surface area contributed by atoms with E-state index >= 15 is 0 Å². The first kappa shape index (κ1) is 20.3. The van der Waals surface area contributed by atoms with Gasteiger partial charge in [0.25, 0.3) is 0 Å². The van der Waals surface area contributed by atoms with Gasteiger partial charge in [0.1, 0.15) is 5.82 Å². The van der Waals surface area contributed by atoms with Crippen molar-refractivity contribution in [2.75, 3.05) is 11.9 Å². The van der Waals surface area contributed by atoms with Crippen molar-refractivity contribution < 1.29 is 13.2 Å². The number of rotatable bonds is 7. The molecule has 1 aromatic heterocycles. The molecule has 3 rings (SSSR count). The van der Waals surface area contributed by atoms with Crippen LogP contribution in [0.3, 0.4) is 0 Å². The Balaban J connectivity index is 1.62. The average molecular weight is 407 g/mol. The van der Waals surface area contributed by atoms with Crippen molar-refractivity contribution in [3.63, 3.8) is 0 Å². The van der Waals surface area contributed by atoms with Gasteiger partial charge in [-0.25, -0.2) is 22.6 Å². The number of carbonyl (C=O) groups excluding carboxylic acids is 1. The Hall–Kier alpha value is -2.46. The van der Waals surface area contributed by atoms with Crippen LogP contribution in [-0.2, 0) is 34.3 Å². The monoisotopic (exact) mass is 407 g/mol. The zero-order chi connectivity index (χ0) is 20.3. The van der Waals surface area contributed by atoms with Gasteiger partial charge in [0.2, 0.25) is 15.9 Å². The van der Waals surface area contributed by atoms with Crippen LogP contribution < -0.4 is 15.7 Å². The van der Waals surface area contributed by atoms with Crippen LogP contribution in [0, 0.1) is 6.92 Å². The second kappa shape index (κ2) is 8.27. The molecule has 10 heteroatoms. The van der Waals surface area contributed by atoms with E-state index in [-0.39, 0.29) is 23.0 Å². The molecular weight excluding hydrogens is 382 g/mol. The Kier molecular flexibility index (Phi) is 5.99. The standard InChI is InChI=1S/C18H25N5O4S/c1-13-7-8-15(20-14(2)24)12-16(13)28(26,27)19-9-5-11-23-18(25)22-10-4-3-6-17(22)21-23/h7-8,12,19H,3-6,9-11H2,1-2H3,(H,20,24). The van der Waals surface area contributed by atoms with E-state index < -0.39 is 10.0 Å². The van der Waals surface area contributed by atoms with Crippen LogP contribution in [0.1, 0.15) is 37.6 Å². The molecule has 2 aromatic rings. The van der Waals surface area contributed by atoms with Gasteiger partial charge in [0, 0.05) is 38.7 Å². The summed E-state index contributed by atoms with van der Waals surface area (Å²) in [5, 5.41) is 6.93. The van der Waals surface area contributed by atoms with E-state index in [9.17, 15) is 18.0 Å². The molecular formula is C18H25N5O4S. The first-order chi connectivity index (χ1) is 13.3. The average Bonchev–Trinajstić information content (AvgIpc) is 2.96. The number of hydrogen-bond acceptors (Lipinski definition) is 5. The number of sulfonamides is 1. The van der Waals surface area contributed by atoms with Gasteiger partial charge in [-0.15, -0.1) is 0 Å². The summed E-state index contributed by atoms with van der Waals surface area (Å²) in [6.07, 6.45) is 3.27. The van der Waals surface area contributed by atoms with Crippen LogP contribution in [-0.4, -0.2) is 35.2 Å². The van der Waals surface area contributed by atoms with Gasteiger partial charge < -0.3 is 5.32 Å². The number of amides is 1. The lowest BCUT2D eigenvalue weighted by Crippen LogP contribution is -2.29. The number of aromatic nitrogens is 3. The molecule has 0 saturated carbocycles. The Morgan fingerprint density at radius 3 is 2.79 bits per heavy atom. The summed E-state index contributed by atoms with van der Waals surface area (Å²) in [7, 11) is -3.73. The zero-order valence-electron chi connectivity index (χ0n) is 16.1. The van der Waals surface area contributed by atoms with Gasteiger partial charge in [-0.2, -0.15) is 5.10 Å². The summed E-state index contributed by atoms with van der Waals surface area (Å²) in [6.45, 7) is 4.29. The SMILES string of the molecule is CC(=O)Nc1ccc(C)c(S(=O)(=O)NCCCn2nc3n(c2=O)CCCC3)c1. The summed E-state index contributed by atoms with van der Waals surface area (Å²) < 4.78 is 30.9. The molecule has 28 heavy (non-hydrogen) atoms. The summed E-state index contributed by atoms with van der Waals surface area (Å²) in [4.78, 5) is 23.6. The molecule has 2 heterocycles. The summed E-state index contributed by atoms with van der Waals surface area (Å²) >= 11 is 0. The van der Waals surface area contributed by atoms with Crippen molar-refractivity contribution in [1.82, 2.24) is 19.1 Å². The lowest BCUT2D eigenvalue weighted by atomic mass is 10.2. The Morgan fingerprint density at radius 2 is 2.07 bits per heavy atom. The van der Waals surface area contributed by atoms with E-state index in [4.69, 9.17) is 0 Å². The second-order valence-electron chi connectivity index (χ2n) is 6.94. The van der Waals surface area contributed by atoms with Crippen LogP contribution in [0.5, 0.6) is 0 Å². The fourth-order valence-corrected chi connectivity index (χ4v) is 4.62. The number of anilines is 1. The van der Waals surface area contributed by atoms with Gasteiger partial charge >= 0.3 is 5.69 Å². The number of nitrogens with one attached hydrogen (secondary N) is 2. The maximum absolute atomic E-state index is 12.6. The Morgan fingerprint density at radius 1 is 1.29 bits per heavy atom. The second-order valence-corrected chi connectivity index (χ2v) is 8.68. The van der Waals surface area contributed by atoms with Gasteiger partial charge in [-0.1, -0.05) is 6.07 Å². The zero-order valence-corrected chi connectivity index (χ0v) is 16.9. The molecule has 0 saturated heterocycles. The summed E-state index contributed by atoms with van der Waals surface area (Å²) in [6, 6.07) is 4.74. The lowest BCUT2D eigenvalue weighted by Gasteiger charge is -2.11. The molecule has 0 atom stereocenters. The Labute approximate surface area is 163 Å². The Bertz CT molecular complexity index is 1040. The van der Waals surface area contributed by atoms with Crippen LogP contribution in [0.15, 0.2) is 27.9 Å². The lowest BCUT2D eigenvalue weighted by molar-refractivity contribution is -0.114. The van der Waals surface area contributed by atoms with E-state index in [0.717, 1.165) is 25.1 Å². The minimum atomic E-state index is -3.73. The predicted molar refractivity (Wildman–Crippen MR) is 105 cm³/mol. The molecule has 1 amide bonds. The highest BCUT2D eigenvalue weighted by atomic mass is 32.2. The summed E-state index contributed by atoms with van der Waals surface area (Å²) in [5.41, 5.74) is 0.879. The highest BCUT2D eigenvalue weighted by Gasteiger charge is 2.19. The first-order valence-electron chi connectivity index (χ1n) is 9.32. The van der Waals surface area contributed by atoms with Crippen molar-refractivity contribution in [1.29, 1.82) is 0 Å². The highest BCUT2D eigenvalue weighted by Crippen LogP contribution is 2.20. The normalized spacial score (nSPS) is 13.9. The van der Waals surface area contributed by atoms with E-state index in [1.807, 2.05) is 0 Å². The van der Waals surface area contributed by atoms with Crippen molar-refractivity contribution >= 4 is 21.6 Å². The minimum absolute atomic E-state index is 0.119. The van der Waals surface area contributed by atoms with Gasteiger partial charge in [-0.05, 0) is 43.9 Å². The van der Waals surface area contributed by atoms with E-state index in [2.05, 4.69) is 15.1 Å². The predicted octanol–water partition coefficient (Wildman–Crippen LogP) is 1.02. The molecule has 0 spiro atoms. The molecule has 152 valence electrons. The summed E-state index contributed by atoms with van der Waals surface area (Å²) in [5.74, 6) is 0.538. The number of fused-ring (bicyclic) bond motifs is 1. The molecule has 0 unspecified atom stereocenters. The third kappa shape index (κ3) is 4.50. The topological polar surface area (TPSA) is 115 Å². The number of hydrogen-bond donors (Lipinski definition) is 2. The molecule has 0 aliphatic carbocycles. The number of carbonyl (C=O) groups is 1. The van der Waals surface area contributed by atoms with Crippen LogP contribution >= 0.6 is 0 Å². The number of benzene rings is 1. The molecule has 1 aliphatic rings. The molecule has 0 radical (unpaired) electrons. The van der Waals surface area contributed by atoms with Crippen LogP contribution in [0.25, 0.3) is 0 Å². The van der Waals surface area contributed by atoms with Crippen LogP contribution in [0.4, 0.5) is 5.69 Å². The third-order valence-electron chi connectivity index (χ3n) is 4.67. The highest BCUT2D eigenvalue weighted by molar-refractivity contribution is 7.89. The van der Waals surface area contributed by atoms with Gasteiger partial charge in [-0.3, -0.25) is 9.36 Å². The molecule has 2 N–H and O–H groups in total. The molecule has 1 aromatic carbocycles. The quantitative estimate of drug-likeness (QED) is 0.665. The molecule has 0 fully saturated rings. The largest absolute Gasteiger partial charge is 0.345 e. The molecule has 1 aliphatic heterocycles. The van der Waals surface area contributed by atoms with E-state index in [0.29, 0.717) is 30.8 Å². The fourth-order valence-electron chi connectivity index (χ4n) is 3.28. The molecule has 9 nitrogen and oxygen atoms in total. The van der Waals surface area contributed by atoms with Crippen molar-refractivity contribution in [3.05, 3.63) is 40.1 Å². The van der Waals surface area contributed by atoms with E-state index in [1.54, 1.807) is 23.6 Å². The number of nitrogens with zero attached hydrogens (tertiary/aromatic N) is 3. The maximum Gasteiger partial charge on any atom is 0.345 e. The van der Waals surface area contributed by atoms with Gasteiger partial charge in [0.15, 0.2) is 0 Å². The number of aryl methyl sites for hydroxylation is 3. The third-order valence-corrected chi connectivity index (χ3v) is 6.27. The van der Waals surface area contributed by atoms with Crippen molar-refractivity contribution in [2.24, 2.45) is 0 Å². The van der Waals surface area contributed by atoms with Crippen molar-refractivity contribution in [2.45, 2.75) is 57.5 Å².